The molecule has 0 spiro atoms. The van der Waals surface area contributed by atoms with E-state index in [9.17, 15) is 0 Å². The summed E-state index contributed by atoms with van der Waals surface area (Å²) in [6, 6.07) is 6.05. The van der Waals surface area contributed by atoms with Crippen molar-refractivity contribution in [1.82, 2.24) is 5.32 Å². The number of methoxy groups -OCH3 is 1. The topological polar surface area (TPSA) is 30.5 Å². The van der Waals surface area contributed by atoms with E-state index in [1.807, 2.05) is 12.1 Å². The molecule has 1 aromatic carbocycles. The second-order valence-corrected chi connectivity index (χ2v) is 5.14. The molecule has 3 nitrogen and oxygen atoms in total. The average molecular weight is 300 g/mol. The lowest BCUT2D eigenvalue weighted by molar-refractivity contribution is 0.110. The maximum absolute atomic E-state index is 5.57. The predicted molar refractivity (Wildman–Crippen MR) is 71.4 cm³/mol. The summed E-state index contributed by atoms with van der Waals surface area (Å²) >= 11 is 3.48. The molecule has 0 saturated carbocycles. The Hall–Kier alpha value is -0.580. The van der Waals surface area contributed by atoms with Gasteiger partial charge in [-0.05, 0) is 31.0 Å². The molecule has 1 heterocycles. The smallest absolute Gasteiger partial charge is 0.123 e. The fourth-order valence-corrected chi connectivity index (χ4v) is 2.47. The minimum atomic E-state index is 0.383. The number of rotatable bonds is 5. The summed E-state index contributed by atoms with van der Waals surface area (Å²) in [6.45, 7) is 2.63. The molecule has 0 unspecified atom stereocenters. The van der Waals surface area contributed by atoms with Crippen LogP contribution in [0.1, 0.15) is 18.4 Å². The van der Waals surface area contributed by atoms with Crippen molar-refractivity contribution in [1.29, 1.82) is 0 Å². The number of benzene rings is 1. The second-order valence-electron chi connectivity index (χ2n) is 4.22. The third-order valence-electron chi connectivity index (χ3n) is 2.95. The fraction of sp³-hybridized carbons (Fsp3) is 0.538. The van der Waals surface area contributed by atoms with Gasteiger partial charge in [0.1, 0.15) is 5.75 Å². The second kappa shape index (κ2) is 6.38. The van der Waals surface area contributed by atoms with Gasteiger partial charge in [0.25, 0.3) is 0 Å². The van der Waals surface area contributed by atoms with Crippen molar-refractivity contribution >= 4 is 15.9 Å². The van der Waals surface area contributed by atoms with Gasteiger partial charge in [0.2, 0.25) is 0 Å². The van der Waals surface area contributed by atoms with E-state index in [2.05, 4.69) is 27.3 Å². The van der Waals surface area contributed by atoms with Gasteiger partial charge < -0.3 is 14.8 Å². The SMILES string of the molecule is COc1ccc(Br)cc1CNC[C@@H]1CCCO1. The summed E-state index contributed by atoms with van der Waals surface area (Å²) in [5.41, 5.74) is 1.17. The molecule has 1 aromatic rings. The molecule has 1 N–H and O–H groups in total. The molecule has 94 valence electrons. The van der Waals surface area contributed by atoms with Crippen molar-refractivity contribution in [2.75, 3.05) is 20.3 Å². The van der Waals surface area contributed by atoms with E-state index in [1.165, 1.54) is 18.4 Å². The van der Waals surface area contributed by atoms with Crippen molar-refractivity contribution in [2.45, 2.75) is 25.5 Å². The quantitative estimate of drug-likeness (QED) is 0.907. The van der Waals surface area contributed by atoms with E-state index in [0.717, 1.165) is 29.9 Å². The fourth-order valence-electron chi connectivity index (χ4n) is 2.06. The first-order valence-electron chi connectivity index (χ1n) is 5.94. The number of hydrogen-bond donors (Lipinski definition) is 1. The molecule has 4 heteroatoms. The molecule has 1 fully saturated rings. The highest BCUT2D eigenvalue weighted by Gasteiger charge is 2.14. The zero-order valence-electron chi connectivity index (χ0n) is 10.0. The summed E-state index contributed by atoms with van der Waals surface area (Å²) in [4.78, 5) is 0. The molecule has 0 aromatic heterocycles. The Morgan fingerprint density at radius 2 is 2.41 bits per heavy atom. The highest BCUT2D eigenvalue weighted by atomic mass is 79.9. The van der Waals surface area contributed by atoms with Crippen LogP contribution in [0, 0.1) is 0 Å². The molecule has 0 amide bonds. The molecule has 2 rings (SSSR count). The van der Waals surface area contributed by atoms with Gasteiger partial charge in [-0.15, -0.1) is 0 Å². The van der Waals surface area contributed by atoms with Crippen LogP contribution in [-0.2, 0) is 11.3 Å². The maximum Gasteiger partial charge on any atom is 0.123 e. The number of halogens is 1. The Bertz CT molecular complexity index is 364. The zero-order valence-corrected chi connectivity index (χ0v) is 11.6. The Balaban J connectivity index is 1.86. The molecule has 0 bridgehead atoms. The highest BCUT2D eigenvalue weighted by Crippen LogP contribution is 2.22. The van der Waals surface area contributed by atoms with Crippen molar-refractivity contribution in [3.8, 4) is 5.75 Å². The van der Waals surface area contributed by atoms with Crippen LogP contribution in [0.5, 0.6) is 5.75 Å². The van der Waals surface area contributed by atoms with Gasteiger partial charge in [-0.3, -0.25) is 0 Å². The van der Waals surface area contributed by atoms with E-state index in [4.69, 9.17) is 9.47 Å². The summed E-state index contributed by atoms with van der Waals surface area (Å²) in [5, 5.41) is 3.42. The normalized spacial score (nSPS) is 19.5. The van der Waals surface area contributed by atoms with Crippen LogP contribution in [0.15, 0.2) is 22.7 Å². The third-order valence-corrected chi connectivity index (χ3v) is 3.45. The van der Waals surface area contributed by atoms with Crippen molar-refractivity contribution in [3.05, 3.63) is 28.2 Å². The van der Waals surface area contributed by atoms with Gasteiger partial charge in [0.15, 0.2) is 0 Å². The minimum Gasteiger partial charge on any atom is -0.496 e. The predicted octanol–water partition coefficient (Wildman–Crippen LogP) is 2.73. The summed E-state index contributed by atoms with van der Waals surface area (Å²) in [7, 11) is 1.70. The van der Waals surface area contributed by atoms with E-state index >= 15 is 0 Å². The van der Waals surface area contributed by atoms with Crippen LogP contribution in [0.2, 0.25) is 0 Å². The molecular formula is C13H18BrNO2. The highest BCUT2D eigenvalue weighted by molar-refractivity contribution is 9.10. The monoisotopic (exact) mass is 299 g/mol. The Morgan fingerprint density at radius 3 is 3.12 bits per heavy atom. The van der Waals surface area contributed by atoms with Crippen LogP contribution in [-0.4, -0.2) is 26.4 Å². The van der Waals surface area contributed by atoms with E-state index in [1.54, 1.807) is 7.11 Å². The largest absolute Gasteiger partial charge is 0.496 e. The van der Waals surface area contributed by atoms with E-state index in [0.29, 0.717) is 6.10 Å². The van der Waals surface area contributed by atoms with Crippen LogP contribution < -0.4 is 10.1 Å². The lowest BCUT2D eigenvalue weighted by atomic mass is 10.2. The molecular weight excluding hydrogens is 282 g/mol. The van der Waals surface area contributed by atoms with E-state index in [-0.39, 0.29) is 0 Å². The van der Waals surface area contributed by atoms with Gasteiger partial charge in [-0.25, -0.2) is 0 Å². The molecule has 17 heavy (non-hydrogen) atoms. The van der Waals surface area contributed by atoms with Crippen molar-refractivity contribution in [2.24, 2.45) is 0 Å². The molecule has 1 aliphatic rings. The molecule has 0 aliphatic carbocycles. The van der Waals surface area contributed by atoms with Gasteiger partial charge in [-0.2, -0.15) is 0 Å². The van der Waals surface area contributed by atoms with Crippen LogP contribution in [0.3, 0.4) is 0 Å². The number of hydrogen-bond acceptors (Lipinski definition) is 3. The van der Waals surface area contributed by atoms with Gasteiger partial charge >= 0.3 is 0 Å². The summed E-state index contributed by atoms with van der Waals surface area (Å²) in [6.07, 6.45) is 2.74. The molecule has 1 atom stereocenters. The Labute approximate surface area is 111 Å². The lowest BCUT2D eigenvalue weighted by Crippen LogP contribution is -2.25. The first-order chi connectivity index (χ1) is 8.29. The maximum atomic E-state index is 5.57. The zero-order chi connectivity index (χ0) is 12.1. The van der Waals surface area contributed by atoms with Gasteiger partial charge in [-0.1, -0.05) is 15.9 Å². The Morgan fingerprint density at radius 1 is 1.53 bits per heavy atom. The minimum absolute atomic E-state index is 0.383. The lowest BCUT2D eigenvalue weighted by Gasteiger charge is -2.13. The molecule has 1 saturated heterocycles. The average Bonchev–Trinajstić information content (AvgIpc) is 2.82. The van der Waals surface area contributed by atoms with E-state index < -0.39 is 0 Å². The molecule has 0 radical (unpaired) electrons. The summed E-state index contributed by atoms with van der Waals surface area (Å²) < 4.78 is 12.0. The standard InChI is InChI=1S/C13H18BrNO2/c1-16-13-5-4-11(14)7-10(13)8-15-9-12-3-2-6-17-12/h4-5,7,12,15H,2-3,6,8-9H2,1H3/t12-/m0/s1. The molecule has 1 aliphatic heterocycles. The van der Waals surface area contributed by atoms with Gasteiger partial charge in [0, 0.05) is 29.7 Å². The first kappa shape index (κ1) is 12.9. The van der Waals surface area contributed by atoms with Crippen LogP contribution in [0.25, 0.3) is 0 Å². The third kappa shape index (κ3) is 3.69. The van der Waals surface area contributed by atoms with Crippen molar-refractivity contribution in [3.63, 3.8) is 0 Å². The van der Waals surface area contributed by atoms with Crippen LogP contribution in [0.4, 0.5) is 0 Å². The Kier molecular flexibility index (Phi) is 4.83. The van der Waals surface area contributed by atoms with Gasteiger partial charge in [0.05, 0.1) is 13.2 Å². The number of nitrogens with one attached hydrogen (secondary N) is 1. The first-order valence-corrected chi connectivity index (χ1v) is 6.73. The number of ether oxygens (including phenoxy) is 2. The van der Waals surface area contributed by atoms with Crippen molar-refractivity contribution < 1.29 is 9.47 Å². The summed E-state index contributed by atoms with van der Waals surface area (Å²) in [5.74, 6) is 0.924. The van der Waals surface area contributed by atoms with Crippen LogP contribution >= 0.6 is 15.9 Å².